The van der Waals surface area contributed by atoms with Gasteiger partial charge in [-0.2, -0.15) is 4.72 Å². The van der Waals surface area contributed by atoms with Crippen LogP contribution in [-0.4, -0.2) is 30.5 Å². The third kappa shape index (κ3) is 4.21. The molecule has 1 aromatic carbocycles. The van der Waals surface area contributed by atoms with Crippen LogP contribution in [0, 0.1) is 21.8 Å². The highest BCUT2D eigenvalue weighted by Crippen LogP contribution is 2.26. The molecular weight excluding hydrogens is 319 g/mol. The van der Waals surface area contributed by atoms with Crippen LogP contribution in [0.25, 0.3) is 0 Å². The second-order valence-electron chi connectivity index (χ2n) is 4.99. The maximum absolute atomic E-state index is 13.7. The molecular formula is C12H15FN2O6S. The lowest BCUT2D eigenvalue weighted by molar-refractivity contribution is -0.388. The van der Waals surface area contributed by atoms with Gasteiger partial charge in [-0.1, -0.05) is 19.9 Å². The molecule has 122 valence electrons. The van der Waals surface area contributed by atoms with E-state index >= 15 is 0 Å². The van der Waals surface area contributed by atoms with Gasteiger partial charge in [0.25, 0.3) is 15.7 Å². The Hall–Kier alpha value is -2.07. The summed E-state index contributed by atoms with van der Waals surface area (Å²) in [4.78, 5) is 19.7. The van der Waals surface area contributed by atoms with Crippen molar-refractivity contribution < 1.29 is 27.6 Å². The number of hydrogen-bond donors (Lipinski definition) is 2. The average molecular weight is 334 g/mol. The largest absolute Gasteiger partial charge is 0.480 e. The fourth-order valence-corrected chi connectivity index (χ4v) is 3.26. The summed E-state index contributed by atoms with van der Waals surface area (Å²) >= 11 is 0. The van der Waals surface area contributed by atoms with Crippen LogP contribution >= 0.6 is 0 Å². The number of carboxylic acid groups (broad SMARTS) is 1. The second-order valence-corrected chi connectivity index (χ2v) is 6.64. The molecule has 0 bridgehead atoms. The molecule has 1 atom stereocenters. The van der Waals surface area contributed by atoms with Crippen LogP contribution in [0.1, 0.15) is 20.3 Å². The molecule has 0 heterocycles. The van der Waals surface area contributed by atoms with Crippen LogP contribution in [0.3, 0.4) is 0 Å². The first-order valence-corrected chi connectivity index (χ1v) is 7.72. The fraction of sp³-hybridized carbons (Fsp3) is 0.417. The monoisotopic (exact) mass is 334 g/mol. The van der Waals surface area contributed by atoms with Gasteiger partial charge in [0.2, 0.25) is 0 Å². The summed E-state index contributed by atoms with van der Waals surface area (Å²) in [6.45, 7) is 3.35. The fourth-order valence-electron chi connectivity index (χ4n) is 1.82. The topological polar surface area (TPSA) is 127 Å². The first kappa shape index (κ1) is 18.0. The zero-order valence-electron chi connectivity index (χ0n) is 11.8. The number of rotatable bonds is 7. The smallest absolute Gasteiger partial charge is 0.321 e. The molecule has 2 N–H and O–H groups in total. The van der Waals surface area contributed by atoms with Crippen molar-refractivity contribution >= 4 is 21.7 Å². The molecule has 0 radical (unpaired) electrons. The summed E-state index contributed by atoms with van der Waals surface area (Å²) in [5.74, 6) is -2.92. The SMILES string of the molecule is CC(C)CC(NS(=O)(=O)c1c(F)cccc1[N+](=O)[O-])C(=O)O. The van der Waals surface area contributed by atoms with Crippen LogP contribution < -0.4 is 4.72 Å². The van der Waals surface area contributed by atoms with E-state index in [2.05, 4.69) is 0 Å². The Bertz CT molecular complexity index is 689. The van der Waals surface area contributed by atoms with Gasteiger partial charge in [0, 0.05) is 6.07 Å². The van der Waals surface area contributed by atoms with Crippen LogP contribution in [0.5, 0.6) is 0 Å². The van der Waals surface area contributed by atoms with Crippen molar-refractivity contribution in [2.75, 3.05) is 0 Å². The molecule has 0 fully saturated rings. The number of carboxylic acids is 1. The molecule has 1 rings (SSSR count). The highest BCUT2D eigenvalue weighted by molar-refractivity contribution is 7.89. The van der Waals surface area contributed by atoms with Gasteiger partial charge in [-0.15, -0.1) is 0 Å². The van der Waals surface area contributed by atoms with E-state index in [0.29, 0.717) is 0 Å². The lowest BCUT2D eigenvalue weighted by atomic mass is 10.1. The quantitative estimate of drug-likeness (QED) is 0.575. The molecule has 0 aliphatic rings. The molecule has 22 heavy (non-hydrogen) atoms. The number of benzene rings is 1. The van der Waals surface area contributed by atoms with Crippen molar-refractivity contribution in [3.8, 4) is 0 Å². The number of hydrogen-bond acceptors (Lipinski definition) is 5. The Morgan fingerprint density at radius 3 is 2.50 bits per heavy atom. The molecule has 0 spiro atoms. The average Bonchev–Trinajstić information content (AvgIpc) is 2.36. The number of nitrogens with one attached hydrogen (secondary N) is 1. The Labute approximate surface area is 126 Å². The van der Waals surface area contributed by atoms with Crippen molar-refractivity contribution in [2.45, 2.75) is 31.2 Å². The summed E-state index contributed by atoms with van der Waals surface area (Å²) in [6, 6.07) is 1.06. The van der Waals surface area contributed by atoms with Gasteiger partial charge in [-0.05, 0) is 18.4 Å². The molecule has 0 aromatic heterocycles. The summed E-state index contributed by atoms with van der Waals surface area (Å²) in [6.07, 6.45) is -0.0448. The normalized spacial score (nSPS) is 13.1. The highest BCUT2D eigenvalue weighted by atomic mass is 32.2. The van der Waals surface area contributed by atoms with Crippen LogP contribution in [0.2, 0.25) is 0 Å². The number of aliphatic carboxylic acids is 1. The Morgan fingerprint density at radius 1 is 1.45 bits per heavy atom. The van der Waals surface area contributed by atoms with Crippen LogP contribution in [0.4, 0.5) is 10.1 Å². The van der Waals surface area contributed by atoms with Gasteiger partial charge in [0.1, 0.15) is 11.9 Å². The Balaban J connectivity index is 3.30. The molecule has 0 aliphatic heterocycles. The standard InChI is InChI=1S/C12H15FN2O6S/c1-7(2)6-9(12(16)17)14-22(20,21)11-8(13)4-3-5-10(11)15(18)19/h3-5,7,9,14H,6H2,1-2H3,(H,16,17). The van der Waals surface area contributed by atoms with Gasteiger partial charge in [0.05, 0.1) is 4.92 Å². The molecule has 1 unspecified atom stereocenters. The second kappa shape index (κ2) is 6.79. The lowest BCUT2D eigenvalue weighted by Crippen LogP contribution is -2.42. The van der Waals surface area contributed by atoms with E-state index in [0.717, 1.165) is 18.2 Å². The molecule has 0 amide bonds. The zero-order valence-corrected chi connectivity index (χ0v) is 12.6. The molecule has 0 saturated carbocycles. The van der Waals surface area contributed by atoms with E-state index in [1.54, 1.807) is 18.6 Å². The van der Waals surface area contributed by atoms with Crippen molar-refractivity contribution in [1.29, 1.82) is 0 Å². The molecule has 0 aliphatic carbocycles. The number of nitro groups is 1. The number of sulfonamides is 1. The predicted molar refractivity (Wildman–Crippen MR) is 74.3 cm³/mol. The van der Waals surface area contributed by atoms with Crippen LogP contribution in [-0.2, 0) is 14.8 Å². The van der Waals surface area contributed by atoms with E-state index in [-0.39, 0.29) is 12.3 Å². The van der Waals surface area contributed by atoms with Crippen molar-refractivity contribution in [1.82, 2.24) is 4.72 Å². The van der Waals surface area contributed by atoms with Gasteiger partial charge < -0.3 is 5.11 Å². The number of nitrogens with zero attached hydrogens (tertiary/aromatic N) is 1. The maximum atomic E-state index is 13.7. The third-order valence-electron chi connectivity index (χ3n) is 2.71. The molecule has 8 nitrogen and oxygen atoms in total. The number of carbonyl (C=O) groups is 1. The van der Waals surface area contributed by atoms with Crippen molar-refractivity contribution in [3.05, 3.63) is 34.1 Å². The van der Waals surface area contributed by atoms with Crippen LogP contribution in [0.15, 0.2) is 23.1 Å². The Kier molecular flexibility index (Phi) is 5.55. The van der Waals surface area contributed by atoms with E-state index in [9.17, 15) is 27.7 Å². The summed E-state index contributed by atoms with van der Waals surface area (Å²) < 4.78 is 39.9. The van der Waals surface area contributed by atoms with E-state index in [1.807, 2.05) is 0 Å². The number of nitro benzene ring substituents is 1. The molecule has 0 saturated heterocycles. The predicted octanol–water partition coefficient (Wildman–Crippen LogP) is 1.51. The minimum absolute atomic E-state index is 0.0448. The minimum Gasteiger partial charge on any atom is -0.480 e. The lowest BCUT2D eigenvalue weighted by Gasteiger charge is -2.16. The molecule has 10 heteroatoms. The van der Waals surface area contributed by atoms with E-state index in [1.165, 1.54) is 0 Å². The zero-order chi connectivity index (χ0) is 17.1. The van der Waals surface area contributed by atoms with Gasteiger partial charge in [0.15, 0.2) is 4.90 Å². The van der Waals surface area contributed by atoms with E-state index < -0.39 is 43.4 Å². The maximum Gasteiger partial charge on any atom is 0.321 e. The highest BCUT2D eigenvalue weighted by Gasteiger charge is 2.33. The minimum atomic E-state index is -4.70. The molecule has 1 aromatic rings. The van der Waals surface area contributed by atoms with Crippen molar-refractivity contribution in [3.63, 3.8) is 0 Å². The van der Waals surface area contributed by atoms with Crippen molar-refractivity contribution in [2.24, 2.45) is 5.92 Å². The Morgan fingerprint density at radius 2 is 2.05 bits per heavy atom. The van der Waals surface area contributed by atoms with E-state index in [4.69, 9.17) is 5.11 Å². The van der Waals surface area contributed by atoms with Gasteiger partial charge >= 0.3 is 5.97 Å². The third-order valence-corrected chi connectivity index (χ3v) is 4.25. The first-order chi connectivity index (χ1) is 10.1. The van der Waals surface area contributed by atoms with Gasteiger partial charge in [-0.25, -0.2) is 12.8 Å². The summed E-state index contributed by atoms with van der Waals surface area (Å²) in [7, 11) is -4.70. The summed E-state index contributed by atoms with van der Waals surface area (Å²) in [5.41, 5.74) is -0.957. The van der Waals surface area contributed by atoms with Gasteiger partial charge in [-0.3, -0.25) is 14.9 Å². The first-order valence-electron chi connectivity index (χ1n) is 6.24. The number of halogens is 1. The summed E-state index contributed by atoms with van der Waals surface area (Å²) in [5, 5.41) is 19.9.